The van der Waals surface area contributed by atoms with Gasteiger partial charge in [-0.05, 0) is 80.7 Å². The van der Waals surface area contributed by atoms with Crippen molar-refractivity contribution in [1.82, 2.24) is 0 Å². The molecule has 0 spiro atoms. The Morgan fingerprint density at radius 2 is 1.75 bits per heavy atom. The van der Waals surface area contributed by atoms with Gasteiger partial charge in [0.05, 0.1) is 17.3 Å². The van der Waals surface area contributed by atoms with E-state index in [2.05, 4.69) is 62.4 Å². The zero-order valence-corrected chi connectivity index (χ0v) is 14.6. The van der Waals surface area contributed by atoms with Gasteiger partial charge in [0, 0.05) is 3.57 Å². The van der Waals surface area contributed by atoms with E-state index in [9.17, 15) is 0 Å². The molecule has 1 aliphatic carbocycles. The molecule has 3 nitrogen and oxygen atoms in total. The van der Waals surface area contributed by atoms with Gasteiger partial charge in [0.25, 0.3) is 0 Å². The number of hydrogen-bond acceptors (Lipinski definition) is 3. The summed E-state index contributed by atoms with van der Waals surface area (Å²) in [6, 6.07) is 6.14. The maximum atomic E-state index is 6.10. The summed E-state index contributed by atoms with van der Waals surface area (Å²) in [7, 11) is -0.304. The number of rotatable bonds is 3. The van der Waals surface area contributed by atoms with Crippen molar-refractivity contribution in [1.29, 1.82) is 0 Å². The maximum absolute atomic E-state index is 6.10. The molecule has 0 N–H and O–H groups in total. The van der Waals surface area contributed by atoms with Crippen molar-refractivity contribution >= 4 is 35.2 Å². The highest BCUT2D eigenvalue weighted by Crippen LogP contribution is 2.37. The fraction of sp³-hybridized carbons (Fsp3) is 0.600. The third-order valence-electron chi connectivity index (χ3n) is 4.31. The topological polar surface area (TPSA) is 27.7 Å². The van der Waals surface area contributed by atoms with E-state index in [1.165, 1.54) is 12.8 Å². The molecular formula is C15H20BIO3. The molecule has 1 saturated heterocycles. The first-order chi connectivity index (χ1) is 9.28. The molecular weight excluding hydrogens is 366 g/mol. The minimum atomic E-state index is -0.304. The third-order valence-corrected chi connectivity index (χ3v) is 5.24. The van der Waals surface area contributed by atoms with Crippen molar-refractivity contribution in [2.75, 3.05) is 0 Å². The number of hydrogen-bond donors (Lipinski definition) is 0. The molecule has 0 radical (unpaired) electrons. The zero-order valence-electron chi connectivity index (χ0n) is 12.4. The standard InChI is InChI=1S/C15H20BIO3/c1-14(2)15(3,4)20-16(19-14)12-8-7-11(9-13(12)17)18-10-5-6-10/h7-10H,5-6H2,1-4H3. The zero-order chi connectivity index (χ0) is 14.5. The highest BCUT2D eigenvalue weighted by Gasteiger charge is 2.52. The van der Waals surface area contributed by atoms with Crippen molar-refractivity contribution in [3.8, 4) is 5.75 Å². The average molecular weight is 386 g/mol. The molecule has 1 aliphatic heterocycles. The van der Waals surface area contributed by atoms with E-state index in [1.54, 1.807) is 0 Å². The van der Waals surface area contributed by atoms with Gasteiger partial charge >= 0.3 is 7.12 Å². The van der Waals surface area contributed by atoms with Gasteiger partial charge in [-0.2, -0.15) is 0 Å². The van der Waals surface area contributed by atoms with Crippen molar-refractivity contribution in [3.63, 3.8) is 0 Å². The second-order valence-electron chi connectivity index (χ2n) is 6.59. The molecule has 1 saturated carbocycles. The van der Waals surface area contributed by atoms with E-state index in [0.29, 0.717) is 6.10 Å². The van der Waals surface area contributed by atoms with Gasteiger partial charge in [-0.15, -0.1) is 0 Å². The Bertz CT molecular complexity index is 510. The largest absolute Gasteiger partial charge is 0.495 e. The summed E-state index contributed by atoms with van der Waals surface area (Å²) in [5, 5.41) is 0. The number of ether oxygens (including phenoxy) is 1. The summed E-state index contributed by atoms with van der Waals surface area (Å²) in [5.74, 6) is 0.942. The van der Waals surface area contributed by atoms with Crippen LogP contribution in [0.3, 0.4) is 0 Å². The fourth-order valence-electron chi connectivity index (χ4n) is 2.12. The van der Waals surface area contributed by atoms with Crippen molar-refractivity contribution in [3.05, 3.63) is 21.8 Å². The summed E-state index contributed by atoms with van der Waals surface area (Å²) in [6.07, 6.45) is 2.78. The first kappa shape index (κ1) is 14.7. The lowest BCUT2D eigenvalue weighted by molar-refractivity contribution is 0.00578. The van der Waals surface area contributed by atoms with Crippen molar-refractivity contribution in [2.24, 2.45) is 0 Å². The Morgan fingerprint density at radius 3 is 2.25 bits per heavy atom. The van der Waals surface area contributed by atoms with E-state index in [1.807, 2.05) is 6.07 Å². The van der Waals surface area contributed by atoms with E-state index < -0.39 is 0 Å². The Balaban J connectivity index is 1.80. The predicted molar refractivity (Wildman–Crippen MR) is 88.5 cm³/mol. The SMILES string of the molecule is CC1(C)OB(c2ccc(OC3CC3)cc2I)OC1(C)C. The van der Waals surface area contributed by atoms with Crippen LogP contribution >= 0.6 is 22.6 Å². The monoisotopic (exact) mass is 386 g/mol. The fourth-order valence-corrected chi connectivity index (χ4v) is 2.86. The Kier molecular flexibility index (Phi) is 3.58. The quantitative estimate of drug-likeness (QED) is 0.591. The first-order valence-corrected chi connectivity index (χ1v) is 8.18. The molecule has 1 heterocycles. The number of benzene rings is 1. The van der Waals surface area contributed by atoms with Crippen LogP contribution in [-0.4, -0.2) is 24.4 Å². The number of halogens is 1. The van der Waals surface area contributed by atoms with E-state index >= 15 is 0 Å². The van der Waals surface area contributed by atoms with Crippen LogP contribution in [0, 0.1) is 3.57 Å². The van der Waals surface area contributed by atoms with Crippen molar-refractivity contribution in [2.45, 2.75) is 57.8 Å². The second-order valence-corrected chi connectivity index (χ2v) is 7.75. The molecule has 3 rings (SSSR count). The van der Waals surface area contributed by atoms with E-state index in [-0.39, 0.29) is 18.3 Å². The summed E-state index contributed by atoms with van der Waals surface area (Å²) in [4.78, 5) is 0. The Morgan fingerprint density at radius 1 is 1.15 bits per heavy atom. The molecule has 2 aliphatic rings. The second kappa shape index (κ2) is 4.88. The lowest BCUT2D eigenvalue weighted by Gasteiger charge is -2.32. The summed E-state index contributed by atoms with van der Waals surface area (Å²) in [6.45, 7) is 8.30. The lowest BCUT2D eigenvalue weighted by atomic mass is 9.79. The van der Waals surface area contributed by atoms with Crippen LogP contribution in [-0.2, 0) is 9.31 Å². The van der Waals surface area contributed by atoms with Crippen LogP contribution in [0.15, 0.2) is 18.2 Å². The first-order valence-electron chi connectivity index (χ1n) is 7.10. The summed E-state index contributed by atoms with van der Waals surface area (Å²) >= 11 is 2.33. The van der Waals surface area contributed by atoms with Crippen LogP contribution < -0.4 is 10.2 Å². The molecule has 0 aromatic heterocycles. The average Bonchev–Trinajstić information content (AvgIpc) is 3.07. The van der Waals surface area contributed by atoms with Gasteiger partial charge in [-0.1, -0.05) is 6.07 Å². The summed E-state index contributed by atoms with van der Waals surface area (Å²) in [5.41, 5.74) is 0.473. The predicted octanol–water partition coefficient (Wildman–Crippen LogP) is 3.13. The highest BCUT2D eigenvalue weighted by molar-refractivity contribution is 14.1. The molecule has 1 aromatic carbocycles. The normalized spacial score (nSPS) is 23.9. The molecule has 0 unspecified atom stereocenters. The lowest BCUT2D eigenvalue weighted by Crippen LogP contribution is -2.41. The minimum absolute atomic E-state index is 0.302. The van der Waals surface area contributed by atoms with Crippen LogP contribution in [0.2, 0.25) is 0 Å². The smallest absolute Gasteiger partial charge is 0.490 e. The maximum Gasteiger partial charge on any atom is 0.495 e. The van der Waals surface area contributed by atoms with E-state index in [0.717, 1.165) is 14.8 Å². The molecule has 0 atom stereocenters. The molecule has 108 valence electrons. The minimum Gasteiger partial charge on any atom is -0.490 e. The van der Waals surface area contributed by atoms with Crippen molar-refractivity contribution < 1.29 is 14.0 Å². The van der Waals surface area contributed by atoms with Gasteiger partial charge in [0.1, 0.15) is 5.75 Å². The summed E-state index contributed by atoms with van der Waals surface area (Å²) < 4.78 is 19.1. The Labute approximate surface area is 134 Å². The molecule has 5 heteroatoms. The third kappa shape index (κ3) is 2.72. The molecule has 0 amide bonds. The molecule has 0 bridgehead atoms. The molecule has 2 fully saturated rings. The van der Waals surface area contributed by atoms with Gasteiger partial charge in [-0.3, -0.25) is 0 Å². The van der Waals surface area contributed by atoms with Crippen LogP contribution in [0.25, 0.3) is 0 Å². The van der Waals surface area contributed by atoms with Gasteiger partial charge < -0.3 is 14.0 Å². The highest BCUT2D eigenvalue weighted by atomic mass is 127. The van der Waals surface area contributed by atoms with Gasteiger partial charge in [0.2, 0.25) is 0 Å². The van der Waals surface area contributed by atoms with Crippen LogP contribution in [0.4, 0.5) is 0 Å². The Hall–Kier alpha value is -0.265. The van der Waals surface area contributed by atoms with Crippen LogP contribution in [0.1, 0.15) is 40.5 Å². The van der Waals surface area contributed by atoms with Crippen LogP contribution in [0.5, 0.6) is 5.75 Å². The molecule has 1 aromatic rings. The van der Waals surface area contributed by atoms with Gasteiger partial charge in [0.15, 0.2) is 0 Å². The molecule has 20 heavy (non-hydrogen) atoms. The van der Waals surface area contributed by atoms with Gasteiger partial charge in [-0.25, -0.2) is 0 Å². The van der Waals surface area contributed by atoms with E-state index in [4.69, 9.17) is 14.0 Å².